The van der Waals surface area contributed by atoms with Crippen molar-refractivity contribution in [2.24, 2.45) is 5.92 Å². The average Bonchev–Trinajstić information content (AvgIpc) is 2.23. The fourth-order valence-electron chi connectivity index (χ4n) is 1.63. The molecule has 1 heterocycles. The lowest BCUT2D eigenvalue weighted by molar-refractivity contribution is -0.137. The van der Waals surface area contributed by atoms with E-state index >= 15 is 0 Å². The summed E-state index contributed by atoms with van der Waals surface area (Å²) in [6.07, 6.45) is -3.10. The zero-order valence-corrected chi connectivity index (χ0v) is 10.5. The minimum absolute atomic E-state index is 0.0969. The molecular formula is C11H17F3N4. The summed E-state index contributed by atoms with van der Waals surface area (Å²) < 4.78 is 38.3. The number of halogens is 3. The number of rotatable bonds is 4. The average molecular weight is 262 g/mol. The maximum absolute atomic E-state index is 12.8. The highest BCUT2D eigenvalue weighted by atomic mass is 19.4. The van der Waals surface area contributed by atoms with Gasteiger partial charge in [-0.15, -0.1) is 0 Å². The monoisotopic (exact) mass is 262 g/mol. The first kappa shape index (κ1) is 14.5. The first-order valence-electron chi connectivity index (χ1n) is 5.72. The summed E-state index contributed by atoms with van der Waals surface area (Å²) in [6.45, 7) is 5.76. The summed E-state index contributed by atoms with van der Waals surface area (Å²) in [5, 5.41) is 2.79. The highest BCUT2D eigenvalue weighted by Crippen LogP contribution is 2.34. The van der Waals surface area contributed by atoms with Crippen LogP contribution in [0.15, 0.2) is 6.20 Å². The lowest BCUT2D eigenvalue weighted by Gasteiger charge is -2.23. The molecule has 0 radical (unpaired) electrons. The van der Waals surface area contributed by atoms with E-state index < -0.39 is 11.7 Å². The van der Waals surface area contributed by atoms with E-state index in [1.807, 2.05) is 20.8 Å². The number of nitrogen functional groups attached to an aromatic ring is 1. The van der Waals surface area contributed by atoms with Crippen LogP contribution in [0.5, 0.6) is 0 Å². The second-order valence-corrected chi connectivity index (χ2v) is 4.39. The molecule has 0 aliphatic carbocycles. The molecule has 0 saturated carbocycles. The number of aromatic nitrogens is 2. The number of nitrogens with one attached hydrogen (secondary N) is 1. The van der Waals surface area contributed by atoms with Crippen LogP contribution in [0.2, 0.25) is 0 Å². The van der Waals surface area contributed by atoms with Gasteiger partial charge in [-0.3, -0.25) is 0 Å². The van der Waals surface area contributed by atoms with Crippen molar-refractivity contribution in [2.45, 2.75) is 39.4 Å². The van der Waals surface area contributed by atoms with Crippen LogP contribution < -0.4 is 11.1 Å². The second kappa shape index (κ2) is 5.41. The van der Waals surface area contributed by atoms with Gasteiger partial charge in [0.15, 0.2) is 0 Å². The summed E-state index contributed by atoms with van der Waals surface area (Å²) >= 11 is 0. The topological polar surface area (TPSA) is 63.8 Å². The molecule has 7 heteroatoms. The molecule has 0 spiro atoms. The van der Waals surface area contributed by atoms with Crippen molar-refractivity contribution in [2.75, 3.05) is 11.1 Å². The Labute approximate surface area is 104 Å². The first-order chi connectivity index (χ1) is 8.25. The van der Waals surface area contributed by atoms with Crippen LogP contribution in [0.1, 0.15) is 32.8 Å². The first-order valence-corrected chi connectivity index (χ1v) is 5.72. The van der Waals surface area contributed by atoms with E-state index in [1.165, 1.54) is 0 Å². The standard InChI is InChI=1S/C11H17F3N4/c1-4-8(6(2)3)17-9-7(11(12,13)14)5-16-10(15)18-9/h5-6,8H,4H2,1-3H3,(H3,15,16,17,18)/t8-/m0/s1. The maximum Gasteiger partial charge on any atom is 0.421 e. The number of alkyl halides is 3. The molecule has 0 fully saturated rings. The Balaban J connectivity index is 3.10. The number of nitrogens with two attached hydrogens (primary N) is 1. The van der Waals surface area contributed by atoms with Crippen LogP contribution in [-0.4, -0.2) is 16.0 Å². The number of nitrogens with zero attached hydrogens (tertiary/aromatic N) is 2. The summed E-state index contributed by atoms with van der Waals surface area (Å²) in [5.74, 6) is -0.244. The van der Waals surface area contributed by atoms with E-state index in [9.17, 15) is 13.2 Å². The molecule has 1 atom stereocenters. The molecule has 0 aliphatic heterocycles. The lowest BCUT2D eigenvalue weighted by Crippen LogP contribution is -2.27. The molecular weight excluding hydrogens is 245 g/mol. The summed E-state index contributed by atoms with van der Waals surface area (Å²) in [7, 11) is 0. The molecule has 0 unspecified atom stereocenters. The predicted molar refractivity (Wildman–Crippen MR) is 64.0 cm³/mol. The molecule has 0 aliphatic rings. The fraction of sp³-hybridized carbons (Fsp3) is 0.636. The van der Waals surface area contributed by atoms with Gasteiger partial charge in [-0.05, 0) is 12.3 Å². The van der Waals surface area contributed by atoms with E-state index in [0.29, 0.717) is 12.6 Å². The zero-order valence-electron chi connectivity index (χ0n) is 10.5. The van der Waals surface area contributed by atoms with Crippen LogP contribution in [0.3, 0.4) is 0 Å². The van der Waals surface area contributed by atoms with Crippen molar-refractivity contribution < 1.29 is 13.2 Å². The quantitative estimate of drug-likeness (QED) is 0.875. The molecule has 0 aromatic carbocycles. The van der Waals surface area contributed by atoms with Gasteiger partial charge in [-0.2, -0.15) is 18.2 Å². The molecule has 1 rings (SSSR count). The summed E-state index contributed by atoms with van der Waals surface area (Å²) in [6, 6.07) is -0.0969. The molecule has 3 N–H and O–H groups in total. The van der Waals surface area contributed by atoms with Crippen LogP contribution >= 0.6 is 0 Å². The van der Waals surface area contributed by atoms with E-state index in [1.54, 1.807) is 0 Å². The Morgan fingerprint density at radius 2 is 2.00 bits per heavy atom. The van der Waals surface area contributed by atoms with Crippen molar-refractivity contribution in [1.82, 2.24) is 9.97 Å². The Hall–Kier alpha value is -1.53. The molecule has 0 amide bonds. The van der Waals surface area contributed by atoms with E-state index in [2.05, 4.69) is 15.3 Å². The van der Waals surface area contributed by atoms with Gasteiger partial charge in [0.2, 0.25) is 5.95 Å². The van der Waals surface area contributed by atoms with Gasteiger partial charge in [-0.1, -0.05) is 20.8 Å². The van der Waals surface area contributed by atoms with E-state index in [4.69, 9.17) is 5.73 Å². The Morgan fingerprint density at radius 1 is 1.39 bits per heavy atom. The van der Waals surface area contributed by atoms with Crippen molar-refractivity contribution in [3.8, 4) is 0 Å². The molecule has 1 aromatic rings. The molecule has 0 saturated heterocycles. The minimum atomic E-state index is -4.49. The van der Waals surface area contributed by atoms with Crippen molar-refractivity contribution in [3.63, 3.8) is 0 Å². The van der Waals surface area contributed by atoms with Gasteiger partial charge < -0.3 is 11.1 Å². The third-order valence-electron chi connectivity index (χ3n) is 2.68. The summed E-state index contributed by atoms with van der Waals surface area (Å²) in [4.78, 5) is 7.04. The van der Waals surface area contributed by atoms with Crippen molar-refractivity contribution >= 4 is 11.8 Å². The number of hydrogen-bond donors (Lipinski definition) is 2. The Morgan fingerprint density at radius 3 is 2.44 bits per heavy atom. The van der Waals surface area contributed by atoms with Gasteiger partial charge in [0.1, 0.15) is 11.4 Å². The lowest BCUT2D eigenvalue weighted by atomic mass is 10.0. The highest BCUT2D eigenvalue weighted by Gasteiger charge is 2.35. The van der Waals surface area contributed by atoms with Gasteiger partial charge in [-0.25, -0.2) is 4.98 Å². The predicted octanol–water partition coefficient (Wildman–Crippen LogP) is 2.92. The Bertz CT molecular complexity index is 404. The SMILES string of the molecule is CC[C@H](Nc1nc(N)ncc1C(F)(F)F)C(C)C. The maximum atomic E-state index is 12.8. The Kier molecular flexibility index (Phi) is 4.37. The van der Waals surface area contributed by atoms with Crippen LogP contribution in [-0.2, 0) is 6.18 Å². The fourth-order valence-corrected chi connectivity index (χ4v) is 1.63. The van der Waals surface area contributed by atoms with Gasteiger partial charge in [0, 0.05) is 12.2 Å². The zero-order chi connectivity index (χ0) is 13.9. The molecule has 0 bridgehead atoms. The number of anilines is 2. The largest absolute Gasteiger partial charge is 0.421 e. The normalized spacial score (nSPS) is 13.7. The molecule has 102 valence electrons. The van der Waals surface area contributed by atoms with Crippen LogP contribution in [0, 0.1) is 5.92 Å². The third kappa shape index (κ3) is 3.48. The van der Waals surface area contributed by atoms with Crippen LogP contribution in [0.4, 0.5) is 24.9 Å². The van der Waals surface area contributed by atoms with Gasteiger partial charge >= 0.3 is 6.18 Å². The van der Waals surface area contributed by atoms with Crippen LogP contribution in [0.25, 0.3) is 0 Å². The molecule has 4 nitrogen and oxygen atoms in total. The van der Waals surface area contributed by atoms with E-state index in [-0.39, 0.29) is 23.7 Å². The molecule has 1 aromatic heterocycles. The molecule has 18 heavy (non-hydrogen) atoms. The van der Waals surface area contributed by atoms with Crippen molar-refractivity contribution in [1.29, 1.82) is 0 Å². The summed E-state index contributed by atoms with van der Waals surface area (Å²) in [5.41, 5.74) is 4.44. The highest BCUT2D eigenvalue weighted by molar-refractivity contribution is 5.48. The van der Waals surface area contributed by atoms with Gasteiger partial charge in [0.25, 0.3) is 0 Å². The van der Waals surface area contributed by atoms with Crippen molar-refractivity contribution in [3.05, 3.63) is 11.8 Å². The second-order valence-electron chi connectivity index (χ2n) is 4.39. The van der Waals surface area contributed by atoms with Gasteiger partial charge in [0.05, 0.1) is 0 Å². The smallest absolute Gasteiger partial charge is 0.368 e. The third-order valence-corrected chi connectivity index (χ3v) is 2.68. The number of hydrogen-bond acceptors (Lipinski definition) is 4. The van der Waals surface area contributed by atoms with E-state index in [0.717, 1.165) is 0 Å². The minimum Gasteiger partial charge on any atom is -0.368 e.